The van der Waals surface area contributed by atoms with Gasteiger partial charge in [0.15, 0.2) is 0 Å². The number of hydrogen-bond donors (Lipinski definition) is 6. The minimum absolute atomic E-state index is 0.00982. The van der Waals surface area contributed by atoms with Gasteiger partial charge in [0.1, 0.15) is 50.3 Å². The predicted molar refractivity (Wildman–Crippen MR) is 298 cm³/mol. The van der Waals surface area contributed by atoms with Gasteiger partial charge in [0, 0.05) is 31.0 Å². The smallest absolute Gasteiger partial charge is 0.267 e. The Balaban J connectivity index is 0.000000135. The number of rotatable bonds is 9. The van der Waals surface area contributed by atoms with Gasteiger partial charge in [-0.3, -0.25) is 63.2 Å². The van der Waals surface area contributed by atoms with Crippen molar-refractivity contribution in [1.82, 2.24) is 46.8 Å². The molecule has 0 aliphatic heterocycles. The summed E-state index contributed by atoms with van der Waals surface area (Å²) >= 11 is 0. The SMILES string of the molecule is Cc1ccc(Cn2c(=N)c(C(N)=O)cc3c(=O)n4ccccc4nc32)cc1.Cc1cccn2c(=O)c3cc(C(N)=O)c(=N)n(Cc4cccnc4)c3nc12.N=c1c(C(N)=O)cc2c(=O)n3ccccc3nc2n1Cc1ccccc1. The summed E-state index contributed by atoms with van der Waals surface area (Å²) in [4.78, 5) is 92.1. The number of benzene rings is 2. The summed E-state index contributed by atoms with van der Waals surface area (Å²) in [7, 11) is 0. The number of amides is 3. The molecular formula is C58H48N16O6. The fraction of sp³-hybridized carbons (Fsp3) is 0.0862. The number of hydrogen-bond acceptors (Lipinski definition) is 13. The third-order valence-electron chi connectivity index (χ3n) is 13.3. The van der Waals surface area contributed by atoms with Crippen LogP contribution in [0.3, 0.4) is 0 Å². The molecule has 0 bridgehead atoms. The summed E-state index contributed by atoms with van der Waals surface area (Å²) in [5.41, 5.74) is 22.2. The molecule has 0 saturated carbocycles. The van der Waals surface area contributed by atoms with Crippen LogP contribution in [0.15, 0.2) is 179 Å². The summed E-state index contributed by atoms with van der Waals surface area (Å²) in [6, 6.07) is 39.1. The number of pyridine rings is 7. The van der Waals surface area contributed by atoms with Gasteiger partial charge in [0.05, 0.1) is 52.5 Å². The minimum Gasteiger partial charge on any atom is -0.365 e. The highest BCUT2D eigenvalue weighted by atomic mass is 16.2. The molecule has 0 radical (unpaired) electrons. The van der Waals surface area contributed by atoms with Gasteiger partial charge in [-0.05, 0) is 90.7 Å². The van der Waals surface area contributed by atoms with Gasteiger partial charge in [-0.15, -0.1) is 0 Å². The highest BCUT2D eigenvalue weighted by Crippen LogP contribution is 2.17. The van der Waals surface area contributed by atoms with Gasteiger partial charge in [-0.2, -0.15) is 0 Å². The molecule has 0 fully saturated rings. The lowest BCUT2D eigenvalue weighted by Gasteiger charge is -2.14. The van der Waals surface area contributed by atoms with E-state index < -0.39 is 17.7 Å². The summed E-state index contributed by atoms with van der Waals surface area (Å²) in [5, 5.41) is 26.0. The number of nitrogens with one attached hydrogen (secondary N) is 3. The number of primary amides is 3. The van der Waals surface area contributed by atoms with Crippen LogP contribution in [-0.2, 0) is 19.6 Å². The first-order chi connectivity index (χ1) is 38.5. The molecule has 10 heterocycles. The standard InChI is InChI=1S/C20H17N5O2.C19H16N6O2.C19H15N5O2/c1-12-5-7-13(8-6-12)11-25-17(21)14(18(22)26)10-15-19(25)23-16-4-2-3-9-24(16)20(15)27;1-11-4-3-7-24-17(11)23-18-14(19(24)27)8-13(16(21)26)15(20)25(18)10-12-5-2-6-22-9-12;20-16-13(17(21)25)10-14-18(24(16)11-12-6-2-1-3-7-12)22-15-8-4-5-9-23(15)19(14)26/h2-10,21H,11H2,1H3,(H2,22,26);2-9,20H,10H2,1H3,(H2,21,26);1-10,20H,11H2,(H2,21,25). The average molecular weight is 1070 g/mol. The van der Waals surface area contributed by atoms with Crippen LogP contribution < -0.4 is 50.3 Å². The third kappa shape index (κ3) is 9.88. The van der Waals surface area contributed by atoms with Crippen molar-refractivity contribution in [2.45, 2.75) is 33.5 Å². The van der Waals surface area contributed by atoms with Crippen LogP contribution in [0.5, 0.6) is 0 Å². The minimum atomic E-state index is -0.768. The Labute approximate surface area is 450 Å². The van der Waals surface area contributed by atoms with Crippen molar-refractivity contribution >= 4 is 67.8 Å². The van der Waals surface area contributed by atoms with Crippen LogP contribution >= 0.6 is 0 Å². The van der Waals surface area contributed by atoms with Crippen LogP contribution in [0.2, 0.25) is 0 Å². The molecule has 22 nitrogen and oxygen atoms in total. The topological polar surface area (TPSA) is 332 Å². The summed E-state index contributed by atoms with van der Waals surface area (Å²) in [6.45, 7) is 4.68. The van der Waals surface area contributed by atoms with E-state index in [2.05, 4.69) is 19.9 Å². The number of aryl methyl sites for hydroxylation is 2. The van der Waals surface area contributed by atoms with E-state index in [0.29, 0.717) is 47.0 Å². The first kappa shape index (κ1) is 52.2. The van der Waals surface area contributed by atoms with Crippen LogP contribution in [0, 0.1) is 30.1 Å². The van der Waals surface area contributed by atoms with E-state index >= 15 is 0 Å². The predicted octanol–water partition coefficient (Wildman–Crippen LogP) is 3.84. The van der Waals surface area contributed by atoms with Crippen molar-refractivity contribution in [3.8, 4) is 0 Å². The summed E-state index contributed by atoms with van der Waals surface area (Å²) in [6.07, 6.45) is 8.17. The zero-order valence-corrected chi connectivity index (χ0v) is 42.9. The molecule has 0 aliphatic carbocycles. The molecule has 3 amide bonds. The number of carbonyl (C=O) groups is 3. The maximum atomic E-state index is 13.0. The Morgan fingerprint density at radius 1 is 0.450 bits per heavy atom. The van der Waals surface area contributed by atoms with Gasteiger partial charge < -0.3 is 30.9 Å². The maximum Gasteiger partial charge on any atom is 0.267 e. The van der Waals surface area contributed by atoms with Gasteiger partial charge in [0.2, 0.25) is 0 Å². The molecule has 0 spiro atoms. The average Bonchev–Trinajstić information content (AvgIpc) is 3.28. The lowest BCUT2D eigenvalue weighted by Crippen LogP contribution is -2.32. The van der Waals surface area contributed by atoms with Crippen molar-refractivity contribution < 1.29 is 14.4 Å². The number of fused-ring (bicyclic) bond motifs is 6. The first-order valence-corrected chi connectivity index (χ1v) is 24.7. The van der Waals surface area contributed by atoms with Crippen molar-refractivity contribution in [2.75, 3.05) is 0 Å². The van der Waals surface area contributed by atoms with E-state index in [9.17, 15) is 28.8 Å². The van der Waals surface area contributed by atoms with Gasteiger partial charge in [-0.25, -0.2) is 15.0 Å². The number of carbonyl (C=O) groups excluding carboxylic acids is 3. The number of nitrogens with two attached hydrogens (primary N) is 3. The molecule has 0 unspecified atom stereocenters. The van der Waals surface area contributed by atoms with Crippen molar-refractivity contribution in [3.63, 3.8) is 0 Å². The second kappa shape index (κ2) is 21.4. The Kier molecular flexibility index (Phi) is 13.9. The lowest BCUT2D eigenvalue weighted by molar-refractivity contribution is 0.0989. The summed E-state index contributed by atoms with van der Waals surface area (Å²) in [5.74, 6) is -2.27. The molecule has 12 aromatic rings. The number of aromatic nitrogens is 10. The van der Waals surface area contributed by atoms with Crippen molar-refractivity contribution in [3.05, 3.63) is 256 Å². The number of nitrogens with zero attached hydrogens (tertiary/aromatic N) is 10. The monoisotopic (exact) mass is 1060 g/mol. The Morgan fingerprint density at radius 3 is 1.32 bits per heavy atom. The quantitative estimate of drug-likeness (QED) is 0.113. The van der Waals surface area contributed by atoms with E-state index in [-0.39, 0.29) is 72.5 Å². The van der Waals surface area contributed by atoms with Crippen LogP contribution in [-0.4, -0.2) is 64.6 Å². The van der Waals surface area contributed by atoms with Gasteiger partial charge >= 0.3 is 0 Å². The Bertz CT molecular complexity index is 4890. The largest absolute Gasteiger partial charge is 0.365 e. The first-order valence-electron chi connectivity index (χ1n) is 24.7. The lowest BCUT2D eigenvalue weighted by atomic mass is 10.1. The fourth-order valence-electron chi connectivity index (χ4n) is 9.21. The molecule has 9 N–H and O–H groups in total. The fourth-order valence-corrected chi connectivity index (χ4v) is 9.21. The van der Waals surface area contributed by atoms with Crippen molar-refractivity contribution in [2.24, 2.45) is 17.2 Å². The Hall–Kier alpha value is -11.3. The molecule has 0 atom stereocenters. The molecule has 396 valence electrons. The van der Waals surface area contributed by atoms with E-state index in [1.807, 2.05) is 80.6 Å². The highest BCUT2D eigenvalue weighted by molar-refractivity contribution is 5.97. The third-order valence-corrected chi connectivity index (χ3v) is 13.3. The highest BCUT2D eigenvalue weighted by Gasteiger charge is 2.20. The zero-order chi connectivity index (χ0) is 56.5. The molecular weight excluding hydrogens is 1020 g/mol. The summed E-state index contributed by atoms with van der Waals surface area (Å²) < 4.78 is 8.85. The Morgan fingerprint density at radius 2 is 0.863 bits per heavy atom. The zero-order valence-electron chi connectivity index (χ0n) is 42.9. The van der Waals surface area contributed by atoms with Crippen LogP contribution in [0.25, 0.3) is 50.0 Å². The van der Waals surface area contributed by atoms with E-state index in [1.54, 1.807) is 88.6 Å². The van der Waals surface area contributed by atoms with E-state index in [1.165, 1.54) is 36.0 Å². The molecule has 22 heteroatoms. The van der Waals surface area contributed by atoms with Crippen LogP contribution in [0.4, 0.5) is 0 Å². The molecule has 80 heavy (non-hydrogen) atoms. The molecule has 0 saturated heterocycles. The van der Waals surface area contributed by atoms with Crippen molar-refractivity contribution in [1.29, 1.82) is 16.2 Å². The second-order valence-corrected chi connectivity index (χ2v) is 18.6. The van der Waals surface area contributed by atoms with Crippen LogP contribution in [0.1, 0.15) is 58.9 Å². The van der Waals surface area contributed by atoms with E-state index in [4.69, 9.17) is 33.4 Å². The normalized spacial score (nSPS) is 11.1. The molecule has 10 aromatic heterocycles. The second-order valence-electron chi connectivity index (χ2n) is 18.6. The van der Waals surface area contributed by atoms with E-state index in [0.717, 1.165) is 27.8 Å². The van der Waals surface area contributed by atoms with Gasteiger partial charge in [0.25, 0.3) is 34.4 Å². The maximum absolute atomic E-state index is 13.0. The van der Waals surface area contributed by atoms with Gasteiger partial charge in [-0.1, -0.05) is 84.4 Å². The molecule has 0 aliphatic rings. The molecule has 2 aromatic carbocycles. The molecule has 12 rings (SSSR count).